The number of nitrogens with zero attached hydrogens (tertiary/aromatic N) is 2. The first-order valence-corrected chi connectivity index (χ1v) is 12.0. The molecule has 0 aliphatic carbocycles. The lowest BCUT2D eigenvalue weighted by Gasteiger charge is -2.14. The maximum absolute atomic E-state index is 12.6. The van der Waals surface area contributed by atoms with Gasteiger partial charge in [0.1, 0.15) is 11.6 Å². The fraction of sp³-hybridized carbons (Fsp3) is 0.304. The second kappa shape index (κ2) is 8.55. The summed E-state index contributed by atoms with van der Waals surface area (Å²) in [7, 11) is -3.10. The standard InChI is InChI=1S/C23H25N3O4S/c1-16-8-9-20(12-17(16)2)30-14-23(27)24-22-13-21(18-6-4-3-5-7-18)25-26(22)19-10-11-31(28,29)15-19/h3-9,12-13,19H,10-11,14-15H2,1-2H3,(H,24,27)/t19-/m0/s1. The van der Waals surface area contributed by atoms with Crippen LogP contribution in [0.2, 0.25) is 0 Å². The number of rotatable bonds is 6. The smallest absolute Gasteiger partial charge is 0.263 e. The van der Waals surface area contributed by atoms with E-state index in [4.69, 9.17) is 4.74 Å². The Kier molecular flexibility index (Phi) is 5.82. The molecule has 7 nitrogen and oxygen atoms in total. The van der Waals surface area contributed by atoms with Gasteiger partial charge in [0, 0.05) is 11.6 Å². The van der Waals surface area contributed by atoms with Crippen LogP contribution in [0.15, 0.2) is 54.6 Å². The number of hydrogen-bond donors (Lipinski definition) is 1. The van der Waals surface area contributed by atoms with Crippen molar-refractivity contribution >= 4 is 21.6 Å². The molecule has 0 bridgehead atoms. The molecule has 4 rings (SSSR count). The molecule has 1 saturated heterocycles. The van der Waals surface area contributed by atoms with E-state index in [9.17, 15) is 13.2 Å². The van der Waals surface area contributed by atoms with Crippen LogP contribution >= 0.6 is 0 Å². The average molecular weight is 440 g/mol. The molecule has 8 heteroatoms. The molecule has 2 aromatic carbocycles. The molecule has 1 N–H and O–H groups in total. The molecule has 0 saturated carbocycles. The first kappa shape index (κ1) is 21.1. The van der Waals surface area contributed by atoms with Crippen molar-refractivity contribution in [1.82, 2.24) is 9.78 Å². The highest BCUT2D eigenvalue weighted by atomic mass is 32.2. The molecule has 1 atom stereocenters. The van der Waals surface area contributed by atoms with Gasteiger partial charge in [-0.15, -0.1) is 0 Å². The van der Waals surface area contributed by atoms with Gasteiger partial charge in [0.15, 0.2) is 16.4 Å². The van der Waals surface area contributed by atoms with Gasteiger partial charge < -0.3 is 10.1 Å². The Morgan fingerprint density at radius 3 is 2.58 bits per heavy atom. The van der Waals surface area contributed by atoms with Crippen molar-refractivity contribution in [1.29, 1.82) is 0 Å². The molecule has 1 aliphatic heterocycles. The van der Waals surface area contributed by atoms with E-state index in [2.05, 4.69) is 10.4 Å². The number of benzene rings is 2. The monoisotopic (exact) mass is 439 g/mol. The number of nitrogens with one attached hydrogen (secondary N) is 1. The van der Waals surface area contributed by atoms with Crippen molar-refractivity contribution < 1.29 is 17.9 Å². The van der Waals surface area contributed by atoms with Gasteiger partial charge in [-0.05, 0) is 43.5 Å². The Bertz CT molecular complexity index is 1200. The minimum atomic E-state index is -3.10. The normalized spacial score (nSPS) is 17.4. The maximum Gasteiger partial charge on any atom is 0.263 e. The molecule has 1 fully saturated rings. The second-order valence-electron chi connectivity index (χ2n) is 7.87. The van der Waals surface area contributed by atoms with E-state index >= 15 is 0 Å². The van der Waals surface area contributed by atoms with Gasteiger partial charge in [-0.2, -0.15) is 5.10 Å². The average Bonchev–Trinajstić information content (AvgIpc) is 3.32. The van der Waals surface area contributed by atoms with Crippen LogP contribution in [0.3, 0.4) is 0 Å². The predicted molar refractivity (Wildman–Crippen MR) is 120 cm³/mol. The first-order chi connectivity index (χ1) is 14.8. The second-order valence-corrected chi connectivity index (χ2v) is 10.1. The zero-order chi connectivity index (χ0) is 22.0. The molecule has 0 spiro atoms. The van der Waals surface area contributed by atoms with E-state index in [1.165, 1.54) is 0 Å². The molecule has 162 valence electrons. The number of carbonyl (C=O) groups excluding carboxylic acids is 1. The van der Waals surface area contributed by atoms with Gasteiger partial charge in [0.05, 0.1) is 23.2 Å². The van der Waals surface area contributed by atoms with E-state index in [0.29, 0.717) is 23.7 Å². The maximum atomic E-state index is 12.6. The van der Waals surface area contributed by atoms with Gasteiger partial charge in [-0.1, -0.05) is 36.4 Å². The van der Waals surface area contributed by atoms with Crippen LogP contribution in [-0.2, 0) is 14.6 Å². The summed E-state index contributed by atoms with van der Waals surface area (Å²) in [6, 6.07) is 16.7. The third-order valence-corrected chi connectivity index (χ3v) is 7.23. The summed E-state index contributed by atoms with van der Waals surface area (Å²) in [5.41, 5.74) is 3.81. The van der Waals surface area contributed by atoms with Crippen LogP contribution in [0, 0.1) is 13.8 Å². The number of carbonyl (C=O) groups is 1. The third-order valence-electron chi connectivity index (χ3n) is 5.48. The van der Waals surface area contributed by atoms with Crippen molar-refractivity contribution in [2.24, 2.45) is 0 Å². The minimum Gasteiger partial charge on any atom is -0.484 e. The van der Waals surface area contributed by atoms with Gasteiger partial charge in [0.2, 0.25) is 0 Å². The highest BCUT2D eigenvalue weighted by molar-refractivity contribution is 7.91. The van der Waals surface area contributed by atoms with Gasteiger partial charge in [-0.3, -0.25) is 4.79 Å². The Hall–Kier alpha value is -3.13. The topological polar surface area (TPSA) is 90.3 Å². The molecular formula is C23H25N3O4S. The largest absolute Gasteiger partial charge is 0.484 e. The van der Waals surface area contributed by atoms with Gasteiger partial charge in [0.25, 0.3) is 5.91 Å². The Labute approximate surface area is 182 Å². The highest BCUT2D eigenvalue weighted by Crippen LogP contribution is 2.30. The summed E-state index contributed by atoms with van der Waals surface area (Å²) >= 11 is 0. The van der Waals surface area contributed by atoms with Crippen LogP contribution in [0.25, 0.3) is 11.3 Å². The Morgan fingerprint density at radius 1 is 1.13 bits per heavy atom. The van der Waals surface area contributed by atoms with Crippen molar-refractivity contribution in [3.63, 3.8) is 0 Å². The van der Waals surface area contributed by atoms with E-state index in [1.807, 2.05) is 62.4 Å². The summed E-state index contributed by atoms with van der Waals surface area (Å²) < 4.78 is 31.2. The number of ether oxygens (including phenoxy) is 1. The van der Waals surface area contributed by atoms with E-state index in [0.717, 1.165) is 16.7 Å². The molecule has 0 radical (unpaired) electrons. The molecule has 1 aromatic heterocycles. The van der Waals surface area contributed by atoms with Gasteiger partial charge in [-0.25, -0.2) is 13.1 Å². The van der Waals surface area contributed by atoms with E-state index in [1.54, 1.807) is 10.7 Å². The molecular weight excluding hydrogens is 414 g/mol. The number of sulfone groups is 1. The van der Waals surface area contributed by atoms with Gasteiger partial charge >= 0.3 is 0 Å². The zero-order valence-electron chi connectivity index (χ0n) is 17.5. The Morgan fingerprint density at radius 2 is 1.90 bits per heavy atom. The molecule has 2 heterocycles. The number of anilines is 1. The Balaban J connectivity index is 1.53. The summed E-state index contributed by atoms with van der Waals surface area (Å²) in [4.78, 5) is 12.6. The van der Waals surface area contributed by atoms with Crippen LogP contribution in [-0.4, -0.2) is 42.2 Å². The van der Waals surface area contributed by atoms with Crippen LogP contribution in [0.5, 0.6) is 5.75 Å². The lowest BCUT2D eigenvalue weighted by Crippen LogP contribution is -2.23. The third kappa shape index (κ3) is 4.96. The summed E-state index contributed by atoms with van der Waals surface area (Å²) in [5, 5.41) is 7.46. The fourth-order valence-corrected chi connectivity index (χ4v) is 5.31. The number of hydrogen-bond acceptors (Lipinski definition) is 5. The van der Waals surface area contributed by atoms with Crippen molar-refractivity contribution in [3.8, 4) is 17.0 Å². The SMILES string of the molecule is Cc1ccc(OCC(=O)Nc2cc(-c3ccccc3)nn2[C@H]2CCS(=O)(=O)C2)cc1C. The van der Waals surface area contributed by atoms with Crippen LogP contribution in [0.4, 0.5) is 5.82 Å². The van der Waals surface area contributed by atoms with E-state index in [-0.39, 0.29) is 30.1 Å². The molecule has 31 heavy (non-hydrogen) atoms. The van der Waals surface area contributed by atoms with Crippen molar-refractivity contribution in [3.05, 3.63) is 65.7 Å². The summed E-state index contributed by atoms with van der Waals surface area (Å²) in [6.07, 6.45) is 0.472. The summed E-state index contributed by atoms with van der Waals surface area (Å²) in [5.74, 6) is 0.903. The summed E-state index contributed by atoms with van der Waals surface area (Å²) in [6.45, 7) is 3.85. The van der Waals surface area contributed by atoms with Crippen LogP contribution < -0.4 is 10.1 Å². The van der Waals surface area contributed by atoms with Crippen molar-refractivity contribution in [2.75, 3.05) is 23.4 Å². The fourth-order valence-electron chi connectivity index (χ4n) is 3.62. The quantitative estimate of drug-likeness (QED) is 0.634. The minimum absolute atomic E-state index is 0.0188. The predicted octanol–water partition coefficient (Wildman–Crippen LogP) is 3.54. The van der Waals surface area contributed by atoms with Crippen LogP contribution in [0.1, 0.15) is 23.6 Å². The van der Waals surface area contributed by atoms with Crippen molar-refractivity contribution in [2.45, 2.75) is 26.3 Å². The lowest BCUT2D eigenvalue weighted by atomic mass is 10.1. The first-order valence-electron chi connectivity index (χ1n) is 10.2. The molecule has 1 aliphatic rings. The lowest BCUT2D eigenvalue weighted by molar-refractivity contribution is -0.118. The molecule has 1 amide bonds. The number of aryl methyl sites for hydroxylation is 2. The van der Waals surface area contributed by atoms with E-state index < -0.39 is 9.84 Å². The molecule has 3 aromatic rings. The number of amides is 1. The zero-order valence-corrected chi connectivity index (χ0v) is 18.4. The molecule has 0 unspecified atom stereocenters. The number of aromatic nitrogens is 2. The highest BCUT2D eigenvalue weighted by Gasteiger charge is 2.31.